The molecule has 0 aliphatic heterocycles. The average Bonchev–Trinajstić information content (AvgIpc) is 2.96. The minimum absolute atomic E-state index is 0.0669. The van der Waals surface area contributed by atoms with Crippen molar-refractivity contribution in [2.45, 2.75) is 33.4 Å². The smallest absolute Gasteiger partial charge is 0.317 e. The van der Waals surface area contributed by atoms with E-state index < -0.39 is 0 Å². The molecule has 0 spiro atoms. The van der Waals surface area contributed by atoms with Gasteiger partial charge in [-0.05, 0) is 38.5 Å². The summed E-state index contributed by atoms with van der Waals surface area (Å²) in [5.41, 5.74) is 2.96. The lowest BCUT2D eigenvalue weighted by Gasteiger charge is -2.24. The number of aromatic nitrogens is 2. The molecule has 142 valence electrons. The third kappa shape index (κ3) is 5.47. The lowest BCUT2D eigenvalue weighted by Crippen LogP contribution is -2.43. The van der Waals surface area contributed by atoms with Crippen LogP contribution in [0.25, 0.3) is 0 Å². The van der Waals surface area contributed by atoms with Crippen molar-refractivity contribution < 1.29 is 9.53 Å². The van der Waals surface area contributed by atoms with Gasteiger partial charge in [-0.2, -0.15) is 5.10 Å². The maximum absolute atomic E-state index is 12.7. The zero-order chi connectivity index (χ0) is 19.1. The molecule has 0 saturated carbocycles. The van der Waals surface area contributed by atoms with Crippen LogP contribution >= 0.6 is 11.6 Å². The van der Waals surface area contributed by atoms with Gasteiger partial charge in [0.2, 0.25) is 0 Å². The number of nitrogens with one attached hydrogen (secondary N) is 1. The van der Waals surface area contributed by atoms with Crippen molar-refractivity contribution in [1.29, 1.82) is 0 Å². The molecule has 1 atom stereocenters. The van der Waals surface area contributed by atoms with Gasteiger partial charge in [0.1, 0.15) is 0 Å². The monoisotopic (exact) mass is 378 g/mol. The van der Waals surface area contributed by atoms with Gasteiger partial charge in [-0.1, -0.05) is 29.8 Å². The Labute approximate surface area is 160 Å². The van der Waals surface area contributed by atoms with Crippen molar-refractivity contribution in [3.05, 3.63) is 52.3 Å². The van der Waals surface area contributed by atoms with Crippen molar-refractivity contribution >= 4 is 17.6 Å². The van der Waals surface area contributed by atoms with Crippen LogP contribution in [0.5, 0.6) is 0 Å². The Hall–Kier alpha value is -2.05. The van der Waals surface area contributed by atoms with Crippen LogP contribution in [-0.2, 0) is 11.3 Å². The predicted molar refractivity (Wildman–Crippen MR) is 104 cm³/mol. The topological polar surface area (TPSA) is 59.4 Å². The van der Waals surface area contributed by atoms with E-state index in [1.165, 1.54) is 0 Å². The SMILES string of the molecule is COCCN(Cc1ccccc1Cl)C(=O)NC[C@H](C)n1nc(C)cc1C. The third-order valence-corrected chi connectivity index (χ3v) is 4.55. The molecule has 1 N–H and O–H groups in total. The molecular weight excluding hydrogens is 352 g/mol. The van der Waals surface area contributed by atoms with Gasteiger partial charge < -0.3 is 15.0 Å². The number of aryl methyl sites for hydroxylation is 2. The van der Waals surface area contributed by atoms with Crippen LogP contribution in [-0.4, -0.2) is 47.5 Å². The fourth-order valence-electron chi connectivity index (χ4n) is 2.81. The second-order valence-electron chi connectivity index (χ2n) is 6.41. The molecule has 0 radical (unpaired) electrons. The van der Waals surface area contributed by atoms with Gasteiger partial charge >= 0.3 is 6.03 Å². The molecule has 0 aliphatic carbocycles. The lowest BCUT2D eigenvalue weighted by molar-refractivity contribution is 0.146. The number of urea groups is 1. The number of methoxy groups -OCH3 is 1. The van der Waals surface area contributed by atoms with E-state index in [2.05, 4.69) is 10.4 Å². The van der Waals surface area contributed by atoms with Gasteiger partial charge in [-0.15, -0.1) is 0 Å². The Morgan fingerprint density at radius 2 is 2.12 bits per heavy atom. The molecule has 1 heterocycles. The number of hydrogen-bond donors (Lipinski definition) is 1. The van der Waals surface area contributed by atoms with Crippen molar-refractivity contribution in [2.24, 2.45) is 0 Å². The van der Waals surface area contributed by atoms with Crippen molar-refractivity contribution in [3.63, 3.8) is 0 Å². The Morgan fingerprint density at radius 3 is 2.73 bits per heavy atom. The molecule has 2 rings (SSSR count). The average molecular weight is 379 g/mol. The largest absolute Gasteiger partial charge is 0.383 e. The first-order valence-corrected chi connectivity index (χ1v) is 9.08. The quantitative estimate of drug-likeness (QED) is 0.763. The third-order valence-electron chi connectivity index (χ3n) is 4.18. The van der Waals surface area contributed by atoms with E-state index in [1.807, 2.05) is 55.8 Å². The molecule has 7 heteroatoms. The summed E-state index contributed by atoms with van der Waals surface area (Å²) < 4.78 is 7.07. The van der Waals surface area contributed by atoms with Crippen molar-refractivity contribution in [2.75, 3.05) is 26.8 Å². The van der Waals surface area contributed by atoms with E-state index in [0.29, 0.717) is 31.3 Å². The summed E-state index contributed by atoms with van der Waals surface area (Å²) in [6.45, 7) is 7.89. The first-order valence-electron chi connectivity index (χ1n) is 8.70. The highest BCUT2D eigenvalue weighted by molar-refractivity contribution is 6.31. The summed E-state index contributed by atoms with van der Waals surface area (Å²) in [7, 11) is 1.62. The molecule has 0 fully saturated rings. The standard InChI is InChI=1S/C19H27ClN4O2/c1-14-11-15(2)24(22-14)16(3)12-21-19(25)23(9-10-26-4)13-17-7-5-6-8-18(17)20/h5-8,11,16H,9-10,12-13H2,1-4H3,(H,21,25)/t16-/m0/s1. The Morgan fingerprint density at radius 1 is 1.38 bits per heavy atom. The number of rotatable bonds is 8. The molecule has 2 aromatic rings. The molecule has 6 nitrogen and oxygen atoms in total. The van der Waals surface area contributed by atoms with Crippen molar-refractivity contribution in [1.82, 2.24) is 20.0 Å². The van der Waals surface area contributed by atoms with Crippen LogP contribution in [0.15, 0.2) is 30.3 Å². The first-order chi connectivity index (χ1) is 12.4. The van der Waals surface area contributed by atoms with E-state index in [4.69, 9.17) is 16.3 Å². The first kappa shape index (κ1) is 20.3. The highest BCUT2D eigenvalue weighted by Crippen LogP contribution is 2.17. The highest BCUT2D eigenvalue weighted by atomic mass is 35.5. The van der Waals surface area contributed by atoms with Gasteiger partial charge in [0.15, 0.2) is 0 Å². The summed E-state index contributed by atoms with van der Waals surface area (Å²) in [5, 5.41) is 8.12. The van der Waals surface area contributed by atoms with Crippen LogP contribution in [0.2, 0.25) is 5.02 Å². The minimum atomic E-state index is -0.143. The second kappa shape index (κ2) is 9.59. The van der Waals surface area contributed by atoms with E-state index in [9.17, 15) is 4.79 Å². The number of carbonyl (C=O) groups is 1. The Kier molecular flexibility index (Phi) is 7.48. The van der Waals surface area contributed by atoms with E-state index >= 15 is 0 Å². The summed E-state index contributed by atoms with van der Waals surface area (Å²) >= 11 is 6.23. The zero-order valence-corrected chi connectivity index (χ0v) is 16.6. The van der Waals surface area contributed by atoms with Gasteiger partial charge in [0.25, 0.3) is 0 Å². The molecule has 0 bridgehead atoms. The number of ether oxygens (including phenoxy) is 1. The second-order valence-corrected chi connectivity index (χ2v) is 6.82. The normalized spacial score (nSPS) is 12.0. The number of amides is 2. The number of hydrogen-bond acceptors (Lipinski definition) is 3. The summed E-state index contributed by atoms with van der Waals surface area (Å²) in [6.07, 6.45) is 0. The maximum Gasteiger partial charge on any atom is 0.317 e. The highest BCUT2D eigenvalue weighted by Gasteiger charge is 2.17. The molecule has 1 aromatic carbocycles. The summed E-state index contributed by atoms with van der Waals surface area (Å²) in [6, 6.07) is 9.50. The van der Waals surface area contributed by atoms with E-state index in [-0.39, 0.29) is 12.1 Å². The van der Waals surface area contributed by atoms with Crippen LogP contribution in [0.3, 0.4) is 0 Å². The molecular formula is C19H27ClN4O2. The number of halogens is 1. The fourth-order valence-corrected chi connectivity index (χ4v) is 3.01. The van der Waals surface area contributed by atoms with Gasteiger partial charge in [-0.25, -0.2) is 4.79 Å². The molecule has 2 amide bonds. The van der Waals surface area contributed by atoms with Gasteiger partial charge in [0, 0.05) is 37.5 Å². The van der Waals surface area contributed by atoms with E-state index in [1.54, 1.807) is 12.0 Å². The van der Waals surface area contributed by atoms with Gasteiger partial charge in [0.05, 0.1) is 18.3 Å². The lowest BCUT2D eigenvalue weighted by atomic mass is 10.2. The van der Waals surface area contributed by atoms with E-state index in [0.717, 1.165) is 17.0 Å². The van der Waals surface area contributed by atoms with Crippen LogP contribution in [0.1, 0.15) is 29.9 Å². The van der Waals surface area contributed by atoms with Gasteiger partial charge in [-0.3, -0.25) is 4.68 Å². The minimum Gasteiger partial charge on any atom is -0.383 e. The number of benzene rings is 1. The molecule has 0 unspecified atom stereocenters. The molecule has 26 heavy (non-hydrogen) atoms. The maximum atomic E-state index is 12.7. The summed E-state index contributed by atoms with van der Waals surface area (Å²) in [5.74, 6) is 0. The predicted octanol–water partition coefficient (Wildman–Crippen LogP) is 3.57. The van der Waals surface area contributed by atoms with Crippen LogP contribution in [0, 0.1) is 13.8 Å². The molecule has 0 aliphatic rings. The van der Waals surface area contributed by atoms with Crippen molar-refractivity contribution in [3.8, 4) is 0 Å². The van der Waals surface area contributed by atoms with Crippen LogP contribution in [0.4, 0.5) is 4.79 Å². The molecule has 0 saturated heterocycles. The zero-order valence-electron chi connectivity index (χ0n) is 15.8. The number of carbonyl (C=O) groups excluding carboxylic acids is 1. The van der Waals surface area contributed by atoms with Crippen LogP contribution < -0.4 is 5.32 Å². The fraction of sp³-hybridized carbons (Fsp3) is 0.474. The molecule has 1 aromatic heterocycles. The summed E-state index contributed by atoms with van der Waals surface area (Å²) in [4.78, 5) is 14.4. The Bertz CT molecular complexity index is 732. The number of nitrogens with zero attached hydrogens (tertiary/aromatic N) is 3. The Balaban J connectivity index is 1.99.